The van der Waals surface area contributed by atoms with E-state index in [1.165, 1.54) is 13.0 Å². The molecule has 0 fully saturated rings. The minimum absolute atomic E-state index is 0.145. The lowest BCUT2D eigenvalue weighted by molar-refractivity contribution is -0.114. The Morgan fingerprint density at radius 3 is 2.20 bits per heavy atom. The topological polar surface area (TPSA) is 66.4 Å². The molecule has 4 heteroatoms. The van der Waals surface area contributed by atoms with E-state index >= 15 is 0 Å². The zero-order valence-corrected chi connectivity index (χ0v) is 11.3. The molecule has 2 aromatic carbocycles. The fourth-order valence-electron chi connectivity index (χ4n) is 1.94. The molecule has 0 saturated carbocycles. The van der Waals surface area contributed by atoms with E-state index in [4.69, 9.17) is 5.11 Å². The first-order chi connectivity index (χ1) is 9.45. The molecule has 2 aromatic rings. The predicted molar refractivity (Wildman–Crippen MR) is 77.9 cm³/mol. The molecule has 0 saturated heterocycles. The fourth-order valence-corrected chi connectivity index (χ4v) is 1.94. The van der Waals surface area contributed by atoms with Gasteiger partial charge in [-0.05, 0) is 36.2 Å². The smallest absolute Gasteiger partial charge is 0.335 e. The van der Waals surface area contributed by atoms with Crippen LogP contribution in [0.2, 0.25) is 0 Å². The maximum absolute atomic E-state index is 11.2. The molecule has 0 radical (unpaired) electrons. The van der Waals surface area contributed by atoms with Crippen LogP contribution in [-0.4, -0.2) is 17.0 Å². The van der Waals surface area contributed by atoms with E-state index in [9.17, 15) is 9.59 Å². The van der Waals surface area contributed by atoms with Gasteiger partial charge in [0.15, 0.2) is 0 Å². The lowest BCUT2D eigenvalue weighted by Crippen LogP contribution is -2.07. The summed E-state index contributed by atoms with van der Waals surface area (Å²) in [4.78, 5) is 22.3. The summed E-state index contributed by atoms with van der Waals surface area (Å²) in [5.41, 5.74) is 3.42. The molecule has 0 aliphatic carbocycles. The van der Waals surface area contributed by atoms with Crippen molar-refractivity contribution in [3.05, 3.63) is 53.6 Å². The number of carbonyl (C=O) groups excluding carboxylic acids is 1. The van der Waals surface area contributed by atoms with Gasteiger partial charge in [-0.15, -0.1) is 0 Å². The summed E-state index contributed by atoms with van der Waals surface area (Å²) in [5, 5.41) is 11.8. The van der Waals surface area contributed by atoms with Gasteiger partial charge in [-0.3, -0.25) is 4.79 Å². The molecule has 0 atom stereocenters. The quantitative estimate of drug-likeness (QED) is 0.898. The van der Waals surface area contributed by atoms with E-state index in [0.29, 0.717) is 5.69 Å². The number of benzene rings is 2. The molecular weight excluding hydrogens is 254 g/mol. The Morgan fingerprint density at radius 2 is 1.65 bits per heavy atom. The monoisotopic (exact) mass is 269 g/mol. The molecule has 0 spiro atoms. The number of rotatable bonds is 3. The van der Waals surface area contributed by atoms with Gasteiger partial charge in [-0.1, -0.05) is 29.8 Å². The van der Waals surface area contributed by atoms with Crippen molar-refractivity contribution >= 4 is 17.6 Å². The van der Waals surface area contributed by atoms with Gasteiger partial charge < -0.3 is 10.4 Å². The Labute approximate surface area is 117 Å². The third-order valence-corrected chi connectivity index (χ3v) is 2.89. The molecular formula is C16H15NO3. The number of aryl methyl sites for hydroxylation is 1. The molecule has 0 aliphatic heterocycles. The molecule has 1 amide bonds. The van der Waals surface area contributed by atoms with Gasteiger partial charge in [0, 0.05) is 12.6 Å². The minimum atomic E-state index is -1.02. The van der Waals surface area contributed by atoms with Gasteiger partial charge in [-0.2, -0.15) is 0 Å². The number of carboxylic acid groups (broad SMARTS) is 1. The van der Waals surface area contributed by atoms with Crippen molar-refractivity contribution in [1.29, 1.82) is 0 Å². The van der Waals surface area contributed by atoms with E-state index in [0.717, 1.165) is 16.7 Å². The fraction of sp³-hybridized carbons (Fsp3) is 0.125. The maximum Gasteiger partial charge on any atom is 0.335 e. The molecule has 0 aromatic heterocycles. The highest BCUT2D eigenvalue weighted by atomic mass is 16.4. The summed E-state index contributed by atoms with van der Waals surface area (Å²) in [6.45, 7) is 3.37. The first kappa shape index (κ1) is 13.8. The van der Waals surface area contributed by atoms with Crippen LogP contribution in [0.25, 0.3) is 11.1 Å². The molecule has 102 valence electrons. The summed E-state index contributed by atoms with van der Waals surface area (Å²) < 4.78 is 0. The summed E-state index contributed by atoms with van der Waals surface area (Å²) in [5.74, 6) is -1.26. The Kier molecular flexibility index (Phi) is 3.84. The maximum atomic E-state index is 11.2. The molecule has 0 aliphatic rings. The lowest BCUT2D eigenvalue weighted by Gasteiger charge is -2.09. The van der Waals surface area contributed by atoms with E-state index in [2.05, 4.69) is 5.32 Å². The zero-order chi connectivity index (χ0) is 14.7. The number of hydrogen-bond acceptors (Lipinski definition) is 2. The van der Waals surface area contributed by atoms with Crippen LogP contribution in [0.5, 0.6) is 0 Å². The van der Waals surface area contributed by atoms with E-state index < -0.39 is 5.97 Å². The van der Waals surface area contributed by atoms with Crippen molar-refractivity contribution in [3.63, 3.8) is 0 Å². The van der Waals surface area contributed by atoms with Crippen LogP contribution in [0, 0.1) is 6.92 Å². The first-order valence-electron chi connectivity index (χ1n) is 6.19. The summed E-state index contributed by atoms with van der Waals surface area (Å²) in [6, 6.07) is 12.6. The average molecular weight is 269 g/mol. The molecule has 2 rings (SSSR count). The molecule has 2 N–H and O–H groups in total. The van der Waals surface area contributed by atoms with Crippen LogP contribution in [0.15, 0.2) is 42.5 Å². The Hall–Kier alpha value is -2.62. The van der Waals surface area contributed by atoms with Crippen LogP contribution >= 0.6 is 0 Å². The molecule has 4 nitrogen and oxygen atoms in total. The summed E-state index contributed by atoms with van der Waals surface area (Å²) >= 11 is 0. The highest BCUT2D eigenvalue weighted by Gasteiger charge is 2.09. The van der Waals surface area contributed by atoms with Crippen molar-refractivity contribution in [2.75, 3.05) is 5.32 Å². The Morgan fingerprint density at radius 1 is 1.00 bits per heavy atom. The second-order valence-electron chi connectivity index (χ2n) is 4.65. The molecule has 20 heavy (non-hydrogen) atoms. The van der Waals surface area contributed by atoms with Gasteiger partial charge in [0.2, 0.25) is 5.91 Å². The van der Waals surface area contributed by atoms with Gasteiger partial charge in [-0.25, -0.2) is 4.79 Å². The molecule has 0 heterocycles. The highest BCUT2D eigenvalue weighted by molar-refractivity contribution is 5.95. The van der Waals surface area contributed by atoms with Crippen LogP contribution in [0.1, 0.15) is 22.8 Å². The highest BCUT2D eigenvalue weighted by Crippen LogP contribution is 2.25. The largest absolute Gasteiger partial charge is 0.478 e. The molecule has 0 bridgehead atoms. The van der Waals surface area contributed by atoms with Crippen LogP contribution in [0.4, 0.5) is 5.69 Å². The van der Waals surface area contributed by atoms with E-state index in [-0.39, 0.29) is 11.5 Å². The van der Waals surface area contributed by atoms with E-state index in [1.807, 2.05) is 31.2 Å². The summed E-state index contributed by atoms with van der Waals surface area (Å²) in [7, 11) is 0. The van der Waals surface area contributed by atoms with Crippen LogP contribution < -0.4 is 5.32 Å². The van der Waals surface area contributed by atoms with Gasteiger partial charge in [0.1, 0.15) is 0 Å². The second kappa shape index (κ2) is 5.57. The number of anilines is 1. The van der Waals surface area contributed by atoms with Gasteiger partial charge >= 0.3 is 5.97 Å². The minimum Gasteiger partial charge on any atom is -0.478 e. The number of hydrogen-bond donors (Lipinski definition) is 2. The van der Waals surface area contributed by atoms with Crippen LogP contribution in [-0.2, 0) is 4.79 Å². The van der Waals surface area contributed by atoms with Crippen molar-refractivity contribution in [2.24, 2.45) is 0 Å². The van der Waals surface area contributed by atoms with Crippen LogP contribution in [0.3, 0.4) is 0 Å². The number of carboxylic acids is 1. The zero-order valence-electron chi connectivity index (χ0n) is 11.3. The van der Waals surface area contributed by atoms with Gasteiger partial charge in [0.05, 0.1) is 5.56 Å². The molecule has 0 unspecified atom stereocenters. The third-order valence-electron chi connectivity index (χ3n) is 2.89. The standard InChI is InChI=1S/C16H15NO3/c1-10-3-5-12(6-4-10)13-7-14(16(19)20)9-15(8-13)17-11(2)18/h3-9H,1-2H3,(H,17,18)(H,19,20). The van der Waals surface area contributed by atoms with Crippen molar-refractivity contribution < 1.29 is 14.7 Å². The number of nitrogens with one attached hydrogen (secondary N) is 1. The SMILES string of the molecule is CC(=O)Nc1cc(C(=O)O)cc(-c2ccc(C)cc2)c1. The third kappa shape index (κ3) is 3.23. The average Bonchev–Trinajstić information content (AvgIpc) is 2.38. The second-order valence-corrected chi connectivity index (χ2v) is 4.65. The van der Waals surface area contributed by atoms with E-state index in [1.54, 1.807) is 12.1 Å². The van der Waals surface area contributed by atoms with Crippen molar-refractivity contribution in [1.82, 2.24) is 0 Å². The Bertz CT molecular complexity index is 660. The Balaban J connectivity index is 2.51. The first-order valence-corrected chi connectivity index (χ1v) is 6.19. The number of carbonyl (C=O) groups is 2. The number of amides is 1. The predicted octanol–water partition coefficient (Wildman–Crippen LogP) is 3.32. The summed E-state index contributed by atoms with van der Waals surface area (Å²) in [6.07, 6.45) is 0. The van der Waals surface area contributed by atoms with Gasteiger partial charge in [0.25, 0.3) is 0 Å². The lowest BCUT2D eigenvalue weighted by atomic mass is 10.0. The number of aromatic carboxylic acids is 1. The normalized spacial score (nSPS) is 10.1. The van der Waals surface area contributed by atoms with Crippen molar-refractivity contribution in [2.45, 2.75) is 13.8 Å². The van der Waals surface area contributed by atoms with Crippen molar-refractivity contribution in [3.8, 4) is 11.1 Å².